The summed E-state index contributed by atoms with van der Waals surface area (Å²) in [6.45, 7) is 0.609. The van der Waals surface area contributed by atoms with Crippen molar-refractivity contribution in [2.24, 2.45) is 0 Å². The van der Waals surface area contributed by atoms with Crippen LogP contribution in [0.1, 0.15) is 18.4 Å². The molecule has 2 N–H and O–H groups in total. The Morgan fingerprint density at radius 3 is 2.48 bits per heavy atom. The van der Waals surface area contributed by atoms with Crippen LogP contribution >= 0.6 is 0 Å². The van der Waals surface area contributed by atoms with Crippen molar-refractivity contribution in [2.45, 2.75) is 24.5 Å². The van der Waals surface area contributed by atoms with E-state index in [2.05, 4.69) is 0 Å². The van der Waals surface area contributed by atoms with Crippen molar-refractivity contribution in [2.75, 3.05) is 24.8 Å². The third-order valence-electron chi connectivity index (χ3n) is 5.81. The van der Waals surface area contributed by atoms with Crippen LogP contribution < -0.4 is 4.90 Å². The first kappa shape index (κ1) is 21.4. The second kappa shape index (κ2) is 9.14. The molecule has 1 aliphatic rings. The Kier molecular flexibility index (Phi) is 6.32. The molecule has 1 fully saturated rings. The smallest absolute Gasteiger partial charge is 0.133 e. The Balaban J connectivity index is 1.56. The van der Waals surface area contributed by atoms with E-state index in [0.29, 0.717) is 30.5 Å². The molecule has 0 bridgehead atoms. The molecule has 0 spiro atoms. The molecule has 1 aliphatic heterocycles. The standard InChI is InChI=1S/C25H25F2NO3/c26-20-9-10-23(24(27)14-20)18-5-4-8-21(13-18)28-12-11-25(31-17-28,15-22(30)16-29)19-6-2-1-3-7-19/h1-10,13-14,22,29-30H,11-12,15-17H2. The van der Waals surface area contributed by atoms with E-state index < -0.39 is 23.3 Å². The molecule has 1 saturated heterocycles. The van der Waals surface area contributed by atoms with Crippen LogP contribution in [0.3, 0.4) is 0 Å². The van der Waals surface area contributed by atoms with E-state index in [9.17, 15) is 19.0 Å². The number of hydrogen-bond donors (Lipinski definition) is 2. The summed E-state index contributed by atoms with van der Waals surface area (Å²) < 4.78 is 33.8. The van der Waals surface area contributed by atoms with Crippen LogP contribution in [0.5, 0.6) is 0 Å². The molecule has 1 heterocycles. The molecule has 162 valence electrons. The minimum absolute atomic E-state index is 0.280. The van der Waals surface area contributed by atoms with Gasteiger partial charge in [0.15, 0.2) is 0 Å². The molecule has 0 aromatic heterocycles. The number of aliphatic hydroxyl groups excluding tert-OH is 2. The number of rotatable bonds is 6. The van der Waals surface area contributed by atoms with Crippen molar-refractivity contribution in [3.05, 3.63) is 90.0 Å². The van der Waals surface area contributed by atoms with E-state index >= 15 is 0 Å². The molecular weight excluding hydrogens is 400 g/mol. The van der Waals surface area contributed by atoms with Gasteiger partial charge in [-0.2, -0.15) is 0 Å². The summed E-state index contributed by atoms with van der Waals surface area (Å²) in [6.07, 6.45) is 0.0299. The number of hydrogen-bond acceptors (Lipinski definition) is 4. The molecule has 4 rings (SSSR count). The van der Waals surface area contributed by atoms with E-state index in [-0.39, 0.29) is 13.3 Å². The van der Waals surface area contributed by atoms with Crippen molar-refractivity contribution in [1.29, 1.82) is 0 Å². The molecule has 0 radical (unpaired) electrons. The number of ether oxygens (including phenoxy) is 1. The van der Waals surface area contributed by atoms with Gasteiger partial charge in [0.05, 0.1) is 18.3 Å². The highest BCUT2D eigenvalue weighted by Crippen LogP contribution is 2.39. The van der Waals surface area contributed by atoms with E-state index in [1.54, 1.807) is 6.07 Å². The third-order valence-corrected chi connectivity index (χ3v) is 5.81. The average molecular weight is 425 g/mol. The van der Waals surface area contributed by atoms with Crippen LogP contribution in [0.4, 0.5) is 14.5 Å². The van der Waals surface area contributed by atoms with Gasteiger partial charge in [-0.15, -0.1) is 0 Å². The predicted molar refractivity (Wildman–Crippen MR) is 116 cm³/mol. The first-order chi connectivity index (χ1) is 15.0. The average Bonchev–Trinajstić information content (AvgIpc) is 2.80. The second-order valence-corrected chi connectivity index (χ2v) is 7.86. The Labute approximate surface area is 180 Å². The van der Waals surface area contributed by atoms with Gasteiger partial charge < -0.3 is 19.8 Å². The van der Waals surface area contributed by atoms with Crippen molar-refractivity contribution in [3.63, 3.8) is 0 Å². The summed E-state index contributed by atoms with van der Waals surface area (Å²) in [5.74, 6) is -1.21. The number of halogens is 2. The summed E-state index contributed by atoms with van der Waals surface area (Å²) in [6, 6.07) is 20.7. The maximum absolute atomic E-state index is 14.2. The molecule has 3 aromatic rings. The zero-order valence-corrected chi connectivity index (χ0v) is 17.0. The summed E-state index contributed by atoms with van der Waals surface area (Å²) in [5, 5.41) is 19.5. The molecule has 2 atom stereocenters. The van der Waals surface area contributed by atoms with Gasteiger partial charge in [0, 0.05) is 30.3 Å². The predicted octanol–water partition coefficient (Wildman–Crippen LogP) is 4.45. The Bertz CT molecular complexity index is 1020. The van der Waals surface area contributed by atoms with Gasteiger partial charge in [-0.3, -0.25) is 0 Å². The quantitative estimate of drug-likeness (QED) is 0.613. The molecule has 0 saturated carbocycles. The maximum atomic E-state index is 14.2. The SMILES string of the molecule is OCC(O)CC1(c2ccccc2)CCN(c2cccc(-c3ccc(F)cc3F)c2)CO1. The first-order valence-corrected chi connectivity index (χ1v) is 10.3. The zero-order valence-electron chi connectivity index (χ0n) is 17.0. The first-order valence-electron chi connectivity index (χ1n) is 10.3. The molecule has 3 aromatic carbocycles. The molecule has 2 unspecified atom stereocenters. The van der Waals surface area contributed by atoms with Crippen LogP contribution in [0.25, 0.3) is 11.1 Å². The molecule has 6 heteroatoms. The number of aliphatic hydroxyl groups is 2. The van der Waals surface area contributed by atoms with Crippen LogP contribution in [-0.4, -0.2) is 36.2 Å². The lowest BCUT2D eigenvalue weighted by Crippen LogP contribution is -2.47. The second-order valence-electron chi connectivity index (χ2n) is 7.86. The highest BCUT2D eigenvalue weighted by atomic mass is 19.1. The monoisotopic (exact) mass is 425 g/mol. The van der Waals surface area contributed by atoms with Crippen molar-refractivity contribution in [1.82, 2.24) is 0 Å². The van der Waals surface area contributed by atoms with Gasteiger partial charge in [0.1, 0.15) is 18.4 Å². The third kappa shape index (κ3) is 4.61. The van der Waals surface area contributed by atoms with Gasteiger partial charge in [-0.25, -0.2) is 8.78 Å². The molecular formula is C25H25F2NO3. The summed E-state index contributed by atoms with van der Waals surface area (Å²) >= 11 is 0. The van der Waals surface area contributed by atoms with Crippen molar-refractivity contribution < 1.29 is 23.7 Å². The summed E-state index contributed by atoms with van der Waals surface area (Å²) in [5.41, 5.74) is 2.13. The lowest BCUT2D eigenvalue weighted by molar-refractivity contribution is -0.107. The number of nitrogens with zero attached hydrogens (tertiary/aromatic N) is 1. The van der Waals surface area contributed by atoms with Gasteiger partial charge in [-0.05, 0) is 41.8 Å². The lowest BCUT2D eigenvalue weighted by Gasteiger charge is -2.44. The molecule has 4 nitrogen and oxygen atoms in total. The molecule has 31 heavy (non-hydrogen) atoms. The van der Waals surface area contributed by atoms with Gasteiger partial charge in [0.25, 0.3) is 0 Å². The van der Waals surface area contributed by atoms with E-state index in [4.69, 9.17) is 4.74 Å². The fourth-order valence-electron chi connectivity index (χ4n) is 4.14. The van der Waals surface area contributed by atoms with Crippen molar-refractivity contribution in [3.8, 4) is 11.1 Å². The number of benzene rings is 3. The van der Waals surface area contributed by atoms with Gasteiger partial charge in [0.2, 0.25) is 0 Å². The van der Waals surface area contributed by atoms with Crippen LogP contribution in [0.15, 0.2) is 72.8 Å². The Morgan fingerprint density at radius 1 is 1.00 bits per heavy atom. The van der Waals surface area contributed by atoms with E-state index in [1.807, 2.05) is 53.4 Å². The largest absolute Gasteiger partial charge is 0.394 e. The topological polar surface area (TPSA) is 52.9 Å². The minimum Gasteiger partial charge on any atom is -0.394 e. The zero-order chi connectivity index (χ0) is 21.8. The fraction of sp³-hybridized carbons (Fsp3) is 0.280. The van der Waals surface area contributed by atoms with Gasteiger partial charge in [-0.1, -0.05) is 42.5 Å². The Hall–Kier alpha value is -2.80. The minimum atomic E-state index is -0.878. The van der Waals surface area contributed by atoms with Crippen molar-refractivity contribution >= 4 is 5.69 Å². The highest BCUT2D eigenvalue weighted by Gasteiger charge is 2.39. The van der Waals surface area contributed by atoms with Crippen LogP contribution in [0, 0.1) is 11.6 Å². The molecule has 0 amide bonds. The highest BCUT2D eigenvalue weighted by molar-refractivity contribution is 5.69. The maximum Gasteiger partial charge on any atom is 0.133 e. The Morgan fingerprint density at radius 2 is 1.81 bits per heavy atom. The summed E-state index contributed by atoms with van der Waals surface area (Å²) in [4.78, 5) is 2.04. The lowest BCUT2D eigenvalue weighted by atomic mass is 9.84. The van der Waals surface area contributed by atoms with E-state index in [1.165, 1.54) is 12.1 Å². The number of anilines is 1. The normalized spacial score (nSPS) is 19.9. The molecule has 0 aliphatic carbocycles. The summed E-state index contributed by atoms with van der Waals surface area (Å²) in [7, 11) is 0. The van der Waals surface area contributed by atoms with E-state index in [0.717, 1.165) is 17.3 Å². The van der Waals surface area contributed by atoms with Crippen LogP contribution in [0.2, 0.25) is 0 Å². The fourth-order valence-corrected chi connectivity index (χ4v) is 4.14. The van der Waals surface area contributed by atoms with Gasteiger partial charge >= 0.3 is 0 Å². The van der Waals surface area contributed by atoms with Crippen LogP contribution in [-0.2, 0) is 10.3 Å².